The van der Waals surface area contributed by atoms with Crippen LogP contribution in [0.5, 0.6) is 0 Å². The summed E-state index contributed by atoms with van der Waals surface area (Å²) in [6.45, 7) is 4.69. The van der Waals surface area contributed by atoms with Crippen molar-refractivity contribution in [1.82, 2.24) is 4.57 Å². The molecule has 0 amide bonds. The van der Waals surface area contributed by atoms with Crippen molar-refractivity contribution in [3.8, 4) is 27.9 Å². The molecule has 0 N–H and O–H groups in total. The van der Waals surface area contributed by atoms with Gasteiger partial charge in [0.1, 0.15) is 11.2 Å². The van der Waals surface area contributed by atoms with E-state index in [2.05, 4.69) is 271 Å². The summed E-state index contributed by atoms with van der Waals surface area (Å²) in [7, 11) is 0. The van der Waals surface area contributed by atoms with Gasteiger partial charge in [-0.15, -0.1) is 0 Å². The fourth-order valence-corrected chi connectivity index (χ4v) is 11.6. The van der Waals surface area contributed by atoms with Crippen LogP contribution in [0.25, 0.3) is 82.5 Å². The number of aromatic nitrogens is 1. The molecule has 11 aromatic carbocycles. The second-order valence-corrected chi connectivity index (χ2v) is 19.3. The molecule has 0 saturated heterocycles. The molecular formula is C67H47N3O. The highest BCUT2D eigenvalue weighted by Crippen LogP contribution is 2.52. The third-order valence-electron chi connectivity index (χ3n) is 14.9. The number of para-hydroxylation sites is 4. The summed E-state index contributed by atoms with van der Waals surface area (Å²) in [5.74, 6) is 0. The molecule has 0 radical (unpaired) electrons. The summed E-state index contributed by atoms with van der Waals surface area (Å²) in [6, 6.07) is 90.6. The number of benzene rings is 11. The van der Waals surface area contributed by atoms with E-state index in [-0.39, 0.29) is 5.41 Å². The molecule has 4 heteroatoms. The number of hydrogen-bond donors (Lipinski definition) is 0. The lowest BCUT2D eigenvalue weighted by Gasteiger charge is -2.31. The zero-order valence-corrected chi connectivity index (χ0v) is 39.4. The van der Waals surface area contributed by atoms with E-state index in [4.69, 9.17) is 4.42 Å². The number of furan rings is 1. The standard InChI is InChI=1S/C67H47N3O/c1-67(2)60-28-16-14-26-55(60)58-42-50(33-35-61(58)67)69(51-32-34-57-56-27-15-17-29-64(56)71-65(57)43-51)53-39-46(38-52(41-53)68(47-19-6-3-7-20-47)48-21-8-4-9-22-48)45-31-36-62-59(40-45)66-54-25-13-12-18-44(54)30-37-63(66)70(62)49-23-10-5-11-24-49/h3-43H,1-2H3. The number of rotatable bonds is 8. The highest BCUT2D eigenvalue weighted by atomic mass is 16.3. The Bertz CT molecular complexity index is 4170. The van der Waals surface area contributed by atoms with Gasteiger partial charge in [0, 0.05) is 72.8 Å². The zero-order valence-electron chi connectivity index (χ0n) is 39.4. The first-order valence-electron chi connectivity index (χ1n) is 24.5. The summed E-state index contributed by atoms with van der Waals surface area (Å²) in [6.07, 6.45) is 0. The summed E-state index contributed by atoms with van der Waals surface area (Å²) < 4.78 is 9.05. The molecule has 2 heterocycles. The maximum Gasteiger partial charge on any atom is 0.137 e. The van der Waals surface area contributed by atoms with Gasteiger partial charge in [-0.3, -0.25) is 0 Å². The van der Waals surface area contributed by atoms with Crippen molar-refractivity contribution >= 4 is 88.6 Å². The van der Waals surface area contributed by atoms with Crippen LogP contribution in [0.3, 0.4) is 0 Å². The lowest BCUT2D eigenvalue weighted by molar-refractivity contribution is 0.660. The van der Waals surface area contributed by atoms with Crippen LogP contribution in [-0.4, -0.2) is 4.57 Å². The molecule has 0 atom stereocenters. The minimum atomic E-state index is -0.130. The fraction of sp³-hybridized carbons (Fsp3) is 0.0448. The molecule has 13 aromatic rings. The Labute approximate surface area is 412 Å². The lowest BCUT2D eigenvalue weighted by Crippen LogP contribution is -2.16. The van der Waals surface area contributed by atoms with E-state index in [1.807, 2.05) is 6.07 Å². The minimum Gasteiger partial charge on any atom is -0.456 e. The van der Waals surface area contributed by atoms with Gasteiger partial charge in [0.2, 0.25) is 0 Å². The first kappa shape index (κ1) is 40.9. The van der Waals surface area contributed by atoms with E-state index in [0.717, 1.165) is 72.9 Å². The molecule has 336 valence electrons. The van der Waals surface area contributed by atoms with Gasteiger partial charge in [0.25, 0.3) is 0 Å². The number of nitrogens with zero attached hydrogens (tertiary/aromatic N) is 3. The fourth-order valence-electron chi connectivity index (χ4n) is 11.6. The Balaban J connectivity index is 1.06. The molecule has 0 fully saturated rings. The molecule has 4 nitrogen and oxygen atoms in total. The van der Waals surface area contributed by atoms with Crippen molar-refractivity contribution in [3.63, 3.8) is 0 Å². The second-order valence-electron chi connectivity index (χ2n) is 19.3. The van der Waals surface area contributed by atoms with E-state index in [0.29, 0.717) is 0 Å². The molecule has 0 spiro atoms. The van der Waals surface area contributed by atoms with Gasteiger partial charge in [-0.05, 0) is 147 Å². The molecule has 0 unspecified atom stereocenters. The Morgan fingerprint density at radius 1 is 0.352 bits per heavy atom. The summed E-state index contributed by atoms with van der Waals surface area (Å²) in [5.41, 5.74) is 18.8. The van der Waals surface area contributed by atoms with Crippen LogP contribution in [0.1, 0.15) is 25.0 Å². The SMILES string of the molecule is CC1(C)c2ccccc2-c2cc(N(c3cc(-c4ccc5c(c4)c4c6ccccc6ccc4n5-c4ccccc4)cc(N(c4ccccc4)c4ccccc4)c3)c3ccc4c(c3)oc3ccccc34)ccc21. The third kappa shape index (κ3) is 6.52. The van der Waals surface area contributed by atoms with Crippen LogP contribution in [-0.2, 0) is 5.41 Å². The van der Waals surface area contributed by atoms with Gasteiger partial charge in [0.15, 0.2) is 0 Å². The van der Waals surface area contributed by atoms with Crippen molar-refractivity contribution in [3.05, 3.63) is 260 Å². The topological polar surface area (TPSA) is 24.6 Å². The van der Waals surface area contributed by atoms with E-state index < -0.39 is 0 Å². The van der Waals surface area contributed by atoms with E-state index in [9.17, 15) is 0 Å². The summed E-state index contributed by atoms with van der Waals surface area (Å²) >= 11 is 0. The van der Waals surface area contributed by atoms with Crippen molar-refractivity contribution < 1.29 is 4.42 Å². The molecule has 1 aliphatic carbocycles. The van der Waals surface area contributed by atoms with Crippen LogP contribution in [0.2, 0.25) is 0 Å². The first-order valence-corrected chi connectivity index (χ1v) is 24.5. The zero-order chi connectivity index (χ0) is 47.2. The predicted octanol–water partition coefficient (Wildman–Crippen LogP) is 18.7. The van der Waals surface area contributed by atoms with Crippen molar-refractivity contribution in [2.24, 2.45) is 0 Å². The monoisotopic (exact) mass is 909 g/mol. The van der Waals surface area contributed by atoms with Crippen LogP contribution < -0.4 is 9.80 Å². The average Bonchev–Trinajstić information content (AvgIpc) is 4.04. The maximum atomic E-state index is 6.64. The Morgan fingerprint density at radius 3 is 1.72 bits per heavy atom. The molecule has 71 heavy (non-hydrogen) atoms. The van der Waals surface area contributed by atoms with Gasteiger partial charge in [-0.2, -0.15) is 0 Å². The van der Waals surface area contributed by atoms with Gasteiger partial charge >= 0.3 is 0 Å². The maximum absolute atomic E-state index is 6.64. The van der Waals surface area contributed by atoms with Gasteiger partial charge < -0.3 is 18.8 Å². The quantitative estimate of drug-likeness (QED) is 0.152. The van der Waals surface area contributed by atoms with Crippen LogP contribution in [0.15, 0.2) is 253 Å². The predicted molar refractivity (Wildman–Crippen MR) is 298 cm³/mol. The first-order chi connectivity index (χ1) is 35.0. The van der Waals surface area contributed by atoms with Gasteiger partial charge in [0.05, 0.1) is 11.0 Å². The summed E-state index contributed by atoms with van der Waals surface area (Å²) in [5, 5.41) is 7.12. The molecular weight excluding hydrogens is 863 g/mol. The Kier molecular flexibility index (Phi) is 9.21. The number of hydrogen-bond acceptors (Lipinski definition) is 3. The number of fused-ring (bicyclic) bond motifs is 11. The smallest absolute Gasteiger partial charge is 0.137 e. The van der Waals surface area contributed by atoms with Crippen molar-refractivity contribution in [2.45, 2.75) is 19.3 Å². The summed E-state index contributed by atoms with van der Waals surface area (Å²) in [4.78, 5) is 4.80. The van der Waals surface area contributed by atoms with E-state index >= 15 is 0 Å². The molecule has 2 aromatic heterocycles. The molecule has 0 aliphatic heterocycles. The van der Waals surface area contributed by atoms with E-state index in [1.54, 1.807) is 0 Å². The minimum absolute atomic E-state index is 0.130. The average molecular weight is 910 g/mol. The number of anilines is 6. The molecule has 14 rings (SSSR count). The third-order valence-corrected chi connectivity index (χ3v) is 14.9. The van der Waals surface area contributed by atoms with Crippen LogP contribution >= 0.6 is 0 Å². The Hall–Kier alpha value is -9.12. The Morgan fingerprint density at radius 2 is 0.944 bits per heavy atom. The largest absolute Gasteiger partial charge is 0.456 e. The van der Waals surface area contributed by atoms with Gasteiger partial charge in [-0.1, -0.05) is 153 Å². The van der Waals surface area contributed by atoms with Crippen LogP contribution in [0, 0.1) is 0 Å². The highest BCUT2D eigenvalue weighted by Gasteiger charge is 2.36. The molecule has 1 aliphatic rings. The van der Waals surface area contributed by atoms with Crippen LogP contribution in [0.4, 0.5) is 34.1 Å². The van der Waals surface area contributed by atoms with Gasteiger partial charge in [-0.25, -0.2) is 0 Å². The molecule has 0 saturated carbocycles. The van der Waals surface area contributed by atoms with Crippen molar-refractivity contribution in [1.29, 1.82) is 0 Å². The highest BCUT2D eigenvalue weighted by molar-refractivity contribution is 6.22. The second kappa shape index (κ2) is 16.0. The van der Waals surface area contributed by atoms with Crippen molar-refractivity contribution in [2.75, 3.05) is 9.80 Å². The van der Waals surface area contributed by atoms with E-state index in [1.165, 1.54) is 54.8 Å². The lowest BCUT2D eigenvalue weighted by atomic mass is 9.82. The molecule has 0 bridgehead atoms. The normalized spacial score (nSPS) is 12.8.